The van der Waals surface area contributed by atoms with E-state index in [1.54, 1.807) is 0 Å². The molecule has 0 amide bonds. The molecule has 24 heavy (non-hydrogen) atoms. The molecule has 0 spiro atoms. The lowest BCUT2D eigenvalue weighted by atomic mass is 9.99. The highest BCUT2D eigenvalue weighted by molar-refractivity contribution is 9.10. The Hall–Kier alpha value is -1.62. The van der Waals surface area contributed by atoms with Crippen LogP contribution in [0.25, 0.3) is 5.57 Å². The molecule has 0 fully saturated rings. The first-order valence-corrected chi connectivity index (χ1v) is 9.03. The fourth-order valence-electron chi connectivity index (χ4n) is 2.87. The van der Waals surface area contributed by atoms with Crippen molar-refractivity contribution < 1.29 is 9.84 Å². The van der Waals surface area contributed by atoms with E-state index < -0.39 is 6.10 Å². The fourth-order valence-corrected chi connectivity index (χ4v) is 3.13. The number of β-amino-alcohol motifs (C(OH)–C–C–N with tert-alkyl or cyclic N) is 1. The van der Waals surface area contributed by atoms with Crippen LogP contribution in [0.1, 0.15) is 12.0 Å². The summed E-state index contributed by atoms with van der Waals surface area (Å²) in [6.45, 7) is 2.79. The van der Waals surface area contributed by atoms with E-state index in [0.717, 1.165) is 29.7 Å². The Morgan fingerprint density at radius 2 is 1.83 bits per heavy atom. The van der Waals surface area contributed by atoms with E-state index in [9.17, 15) is 5.11 Å². The molecule has 0 saturated carbocycles. The Labute approximate surface area is 151 Å². The van der Waals surface area contributed by atoms with Crippen molar-refractivity contribution in [3.05, 3.63) is 70.7 Å². The van der Waals surface area contributed by atoms with Crippen LogP contribution in [0.5, 0.6) is 5.75 Å². The molecule has 1 atom stereocenters. The minimum atomic E-state index is -0.486. The van der Waals surface area contributed by atoms with Gasteiger partial charge in [-0.15, -0.1) is 0 Å². The molecule has 1 unspecified atom stereocenters. The second-order valence-electron chi connectivity index (χ2n) is 6.02. The second kappa shape index (κ2) is 8.47. The highest BCUT2D eigenvalue weighted by atomic mass is 79.9. The molecule has 0 aliphatic carbocycles. The Balaban J connectivity index is 1.45. The maximum atomic E-state index is 10.2. The van der Waals surface area contributed by atoms with Gasteiger partial charge < -0.3 is 9.84 Å². The number of hydrogen-bond donors (Lipinski definition) is 1. The maximum Gasteiger partial charge on any atom is 0.119 e. The van der Waals surface area contributed by atoms with E-state index in [-0.39, 0.29) is 0 Å². The normalized spacial score (nSPS) is 16.5. The largest absolute Gasteiger partial charge is 0.491 e. The molecule has 4 heteroatoms. The lowest BCUT2D eigenvalue weighted by Crippen LogP contribution is -2.38. The molecule has 0 saturated heterocycles. The maximum absolute atomic E-state index is 10.2. The lowest BCUT2D eigenvalue weighted by Gasteiger charge is -2.28. The predicted molar refractivity (Wildman–Crippen MR) is 101 cm³/mol. The van der Waals surface area contributed by atoms with Crippen LogP contribution in [-0.4, -0.2) is 42.4 Å². The van der Waals surface area contributed by atoms with Crippen LogP contribution in [0, 0.1) is 0 Å². The van der Waals surface area contributed by atoms with Crippen LogP contribution in [0.3, 0.4) is 0 Å². The number of ether oxygens (including phenoxy) is 1. The van der Waals surface area contributed by atoms with Crippen molar-refractivity contribution in [2.24, 2.45) is 0 Å². The number of aliphatic hydroxyl groups is 1. The Kier molecular flexibility index (Phi) is 6.07. The molecule has 0 bridgehead atoms. The summed E-state index contributed by atoms with van der Waals surface area (Å²) in [4.78, 5) is 2.27. The molecular weight excluding hydrogens is 366 g/mol. The zero-order valence-electron chi connectivity index (χ0n) is 13.6. The third-order valence-corrected chi connectivity index (χ3v) is 4.69. The topological polar surface area (TPSA) is 32.7 Å². The molecule has 1 aliphatic heterocycles. The monoisotopic (exact) mass is 387 g/mol. The standard InChI is InChI=1S/C20H22BrNO2/c21-18-6-8-20(9-7-18)24-15-19(23)14-22-12-10-17(11-13-22)16-4-2-1-3-5-16/h1-10,19,23H,11-15H2. The molecular formula is C20H22BrNO2. The van der Waals surface area contributed by atoms with E-state index in [4.69, 9.17) is 4.74 Å². The van der Waals surface area contributed by atoms with Gasteiger partial charge in [-0.25, -0.2) is 0 Å². The molecule has 3 rings (SSSR count). The summed E-state index contributed by atoms with van der Waals surface area (Å²) in [5, 5.41) is 10.2. The van der Waals surface area contributed by atoms with Crippen molar-refractivity contribution in [1.82, 2.24) is 4.90 Å². The van der Waals surface area contributed by atoms with Crippen molar-refractivity contribution in [1.29, 1.82) is 0 Å². The first-order valence-electron chi connectivity index (χ1n) is 8.24. The number of hydrogen-bond acceptors (Lipinski definition) is 3. The summed E-state index contributed by atoms with van der Waals surface area (Å²) >= 11 is 3.40. The van der Waals surface area contributed by atoms with Crippen molar-refractivity contribution in [3.8, 4) is 5.75 Å². The highest BCUT2D eigenvalue weighted by Crippen LogP contribution is 2.22. The van der Waals surface area contributed by atoms with Crippen LogP contribution in [0.4, 0.5) is 0 Å². The van der Waals surface area contributed by atoms with Gasteiger partial charge in [0.1, 0.15) is 18.5 Å². The van der Waals surface area contributed by atoms with Gasteiger partial charge >= 0.3 is 0 Å². The summed E-state index contributed by atoms with van der Waals surface area (Å²) in [5.41, 5.74) is 2.70. The van der Waals surface area contributed by atoms with Gasteiger partial charge in [-0.2, -0.15) is 0 Å². The zero-order valence-corrected chi connectivity index (χ0v) is 15.2. The fraction of sp³-hybridized carbons (Fsp3) is 0.300. The van der Waals surface area contributed by atoms with Gasteiger partial charge in [-0.3, -0.25) is 4.90 Å². The molecule has 2 aromatic rings. The van der Waals surface area contributed by atoms with Crippen LogP contribution in [-0.2, 0) is 0 Å². The van der Waals surface area contributed by atoms with E-state index in [0.29, 0.717) is 13.2 Å². The van der Waals surface area contributed by atoms with Gasteiger partial charge in [0.25, 0.3) is 0 Å². The van der Waals surface area contributed by atoms with Gasteiger partial charge in [-0.05, 0) is 41.8 Å². The minimum absolute atomic E-state index is 0.313. The van der Waals surface area contributed by atoms with Crippen molar-refractivity contribution >= 4 is 21.5 Å². The Morgan fingerprint density at radius 1 is 1.08 bits per heavy atom. The number of aliphatic hydroxyl groups excluding tert-OH is 1. The van der Waals surface area contributed by atoms with Gasteiger partial charge in [0.15, 0.2) is 0 Å². The Morgan fingerprint density at radius 3 is 2.50 bits per heavy atom. The van der Waals surface area contributed by atoms with E-state index in [1.165, 1.54) is 11.1 Å². The van der Waals surface area contributed by atoms with E-state index >= 15 is 0 Å². The van der Waals surface area contributed by atoms with Crippen molar-refractivity contribution in [2.45, 2.75) is 12.5 Å². The molecule has 3 nitrogen and oxygen atoms in total. The smallest absolute Gasteiger partial charge is 0.119 e. The van der Waals surface area contributed by atoms with Crippen molar-refractivity contribution in [2.75, 3.05) is 26.2 Å². The van der Waals surface area contributed by atoms with E-state index in [2.05, 4.69) is 51.2 Å². The molecule has 1 N–H and O–H groups in total. The SMILES string of the molecule is OC(COc1ccc(Br)cc1)CN1CC=C(c2ccccc2)CC1. The average molecular weight is 388 g/mol. The molecule has 0 radical (unpaired) electrons. The molecule has 0 aromatic heterocycles. The number of benzene rings is 2. The van der Waals surface area contributed by atoms with Crippen LogP contribution in [0.15, 0.2) is 65.1 Å². The van der Waals surface area contributed by atoms with Crippen LogP contribution < -0.4 is 4.74 Å². The Bertz CT molecular complexity index is 670. The molecule has 126 valence electrons. The number of halogens is 1. The predicted octanol–water partition coefficient (Wildman–Crippen LogP) is 3.98. The summed E-state index contributed by atoms with van der Waals surface area (Å²) in [5.74, 6) is 0.780. The zero-order chi connectivity index (χ0) is 16.8. The first-order chi connectivity index (χ1) is 11.7. The summed E-state index contributed by atoms with van der Waals surface area (Å²) in [6, 6.07) is 18.2. The van der Waals surface area contributed by atoms with Gasteiger partial charge in [0, 0.05) is 24.1 Å². The summed E-state index contributed by atoms with van der Waals surface area (Å²) in [7, 11) is 0. The van der Waals surface area contributed by atoms with Crippen LogP contribution >= 0.6 is 15.9 Å². The summed E-state index contributed by atoms with van der Waals surface area (Å²) < 4.78 is 6.66. The average Bonchev–Trinajstić information content (AvgIpc) is 2.63. The van der Waals surface area contributed by atoms with Gasteiger partial charge in [0.2, 0.25) is 0 Å². The first kappa shape index (κ1) is 17.2. The molecule has 1 heterocycles. The third kappa shape index (κ3) is 4.94. The molecule has 1 aliphatic rings. The highest BCUT2D eigenvalue weighted by Gasteiger charge is 2.16. The number of nitrogens with zero attached hydrogens (tertiary/aromatic N) is 1. The minimum Gasteiger partial charge on any atom is -0.491 e. The second-order valence-corrected chi connectivity index (χ2v) is 6.94. The number of rotatable bonds is 6. The quantitative estimate of drug-likeness (QED) is 0.813. The van der Waals surface area contributed by atoms with Crippen molar-refractivity contribution in [3.63, 3.8) is 0 Å². The third-order valence-electron chi connectivity index (χ3n) is 4.16. The summed E-state index contributed by atoms with van der Waals surface area (Å²) in [6.07, 6.45) is 2.80. The lowest BCUT2D eigenvalue weighted by molar-refractivity contribution is 0.0717. The van der Waals surface area contributed by atoms with E-state index in [1.807, 2.05) is 30.3 Å². The molecule has 2 aromatic carbocycles. The van der Waals surface area contributed by atoms with Gasteiger partial charge in [0.05, 0.1) is 0 Å². The van der Waals surface area contributed by atoms with Gasteiger partial charge in [-0.1, -0.05) is 52.3 Å². The van der Waals surface area contributed by atoms with Crippen LogP contribution in [0.2, 0.25) is 0 Å².